The van der Waals surface area contributed by atoms with Crippen LogP contribution in [-0.2, 0) is 24.5 Å². The Morgan fingerprint density at radius 3 is 2.28 bits per heavy atom. The number of rotatable bonds is 8. The van der Waals surface area contributed by atoms with Gasteiger partial charge in [-0.3, -0.25) is 4.79 Å². The van der Waals surface area contributed by atoms with Crippen molar-refractivity contribution < 1.29 is 22.7 Å². The maximum Gasteiger partial charge on any atom is 0.306 e. The lowest BCUT2D eigenvalue weighted by Crippen LogP contribution is -2.46. The number of hydrogen-bond donors (Lipinski definition) is 0. The molecule has 1 unspecified atom stereocenters. The molecule has 0 N–H and O–H groups in total. The van der Waals surface area contributed by atoms with E-state index in [1.165, 1.54) is 32.6 Å². The Morgan fingerprint density at radius 1 is 1.28 bits per heavy atom. The minimum absolute atomic E-state index is 0.0265. The summed E-state index contributed by atoms with van der Waals surface area (Å²) in [5, 5.41) is 0. The van der Waals surface area contributed by atoms with Crippen molar-refractivity contribution in [2.45, 2.75) is 19.4 Å². The zero-order valence-corrected chi connectivity index (χ0v) is 12.4. The summed E-state index contributed by atoms with van der Waals surface area (Å²) in [6.07, 6.45) is 0.0265. The van der Waals surface area contributed by atoms with E-state index in [2.05, 4.69) is 4.74 Å². The monoisotopic (exact) mass is 282 g/mol. The Labute approximate surface area is 109 Å². The van der Waals surface area contributed by atoms with Gasteiger partial charge in [0.2, 0.25) is 0 Å². The molecule has 0 aromatic rings. The molecule has 0 rings (SSSR count). The lowest BCUT2D eigenvalue weighted by Gasteiger charge is -2.28. The fraction of sp³-hybridized carbons (Fsp3) is 0.900. The number of carbonyl (C=O) groups is 1. The molecule has 7 nitrogen and oxygen atoms in total. The van der Waals surface area contributed by atoms with Crippen molar-refractivity contribution in [1.82, 2.24) is 8.61 Å². The van der Waals surface area contributed by atoms with Gasteiger partial charge in [-0.15, -0.1) is 0 Å². The molecule has 0 saturated heterocycles. The molecule has 8 heteroatoms. The number of esters is 1. The molecule has 0 saturated carbocycles. The van der Waals surface area contributed by atoms with Gasteiger partial charge in [0.15, 0.2) is 0 Å². The van der Waals surface area contributed by atoms with Crippen molar-refractivity contribution in [3.05, 3.63) is 0 Å². The molecule has 18 heavy (non-hydrogen) atoms. The highest BCUT2D eigenvalue weighted by atomic mass is 32.2. The molecule has 0 aromatic carbocycles. The number of methoxy groups -OCH3 is 2. The van der Waals surface area contributed by atoms with Crippen LogP contribution in [-0.4, -0.2) is 70.5 Å². The van der Waals surface area contributed by atoms with Gasteiger partial charge < -0.3 is 9.47 Å². The quantitative estimate of drug-likeness (QED) is 0.571. The second-order valence-electron chi connectivity index (χ2n) is 3.98. The summed E-state index contributed by atoms with van der Waals surface area (Å²) in [6, 6.07) is -0.277. The van der Waals surface area contributed by atoms with E-state index in [1.54, 1.807) is 6.92 Å². The van der Waals surface area contributed by atoms with Crippen molar-refractivity contribution in [3.63, 3.8) is 0 Å². The van der Waals surface area contributed by atoms with E-state index in [0.29, 0.717) is 6.61 Å². The molecule has 0 aromatic heterocycles. The van der Waals surface area contributed by atoms with Crippen LogP contribution in [0.1, 0.15) is 13.3 Å². The molecule has 108 valence electrons. The molecule has 0 radical (unpaired) electrons. The largest absolute Gasteiger partial charge is 0.469 e. The first-order chi connectivity index (χ1) is 8.27. The van der Waals surface area contributed by atoms with Crippen LogP contribution in [0.2, 0.25) is 0 Å². The van der Waals surface area contributed by atoms with Crippen molar-refractivity contribution in [2.24, 2.45) is 0 Å². The van der Waals surface area contributed by atoms with Gasteiger partial charge in [0.25, 0.3) is 10.2 Å². The Hall–Kier alpha value is -0.700. The number of ether oxygens (including phenoxy) is 2. The molecule has 0 aliphatic rings. The minimum atomic E-state index is -3.59. The predicted octanol–water partition coefficient (Wildman–Crippen LogP) is -0.307. The zero-order valence-electron chi connectivity index (χ0n) is 11.5. The number of carbonyl (C=O) groups excluding carboxylic acids is 1. The van der Waals surface area contributed by atoms with Crippen molar-refractivity contribution in [2.75, 3.05) is 41.5 Å². The van der Waals surface area contributed by atoms with Gasteiger partial charge in [0.05, 0.1) is 20.1 Å². The van der Waals surface area contributed by atoms with Crippen molar-refractivity contribution in [3.8, 4) is 0 Å². The maximum atomic E-state index is 12.1. The highest BCUT2D eigenvalue weighted by molar-refractivity contribution is 7.86. The topological polar surface area (TPSA) is 76.2 Å². The number of hydrogen-bond acceptors (Lipinski definition) is 5. The molecule has 0 heterocycles. The first-order valence-electron chi connectivity index (χ1n) is 5.52. The maximum absolute atomic E-state index is 12.1. The van der Waals surface area contributed by atoms with Gasteiger partial charge >= 0.3 is 5.97 Å². The van der Waals surface area contributed by atoms with Gasteiger partial charge in [-0.1, -0.05) is 0 Å². The van der Waals surface area contributed by atoms with Gasteiger partial charge in [-0.25, -0.2) is 0 Å². The lowest BCUT2D eigenvalue weighted by atomic mass is 10.4. The Bertz CT molecular complexity index is 357. The van der Waals surface area contributed by atoms with Gasteiger partial charge in [-0.05, 0) is 6.92 Å². The van der Waals surface area contributed by atoms with E-state index in [-0.39, 0.29) is 19.0 Å². The first kappa shape index (κ1) is 17.3. The minimum Gasteiger partial charge on any atom is -0.469 e. The van der Waals surface area contributed by atoms with E-state index in [1.807, 2.05) is 0 Å². The molecule has 1 atom stereocenters. The van der Waals surface area contributed by atoms with E-state index >= 15 is 0 Å². The summed E-state index contributed by atoms with van der Waals surface area (Å²) >= 11 is 0. The summed E-state index contributed by atoms with van der Waals surface area (Å²) in [6.45, 7) is 2.13. The average Bonchev–Trinajstić information content (AvgIpc) is 2.34. The van der Waals surface area contributed by atoms with E-state index < -0.39 is 16.2 Å². The van der Waals surface area contributed by atoms with Crippen molar-refractivity contribution >= 4 is 16.2 Å². The molecular weight excluding hydrogens is 260 g/mol. The number of nitrogens with zero attached hydrogens (tertiary/aromatic N) is 2. The Morgan fingerprint density at radius 2 is 1.83 bits per heavy atom. The van der Waals surface area contributed by atoms with Crippen LogP contribution in [0.15, 0.2) is 0 Å². The third kappa shape index (κ3) is 4.89. The predicted molar refractivity (Wildman–Crippen MR) is 67.3 cm³/mol. The molecular formula is C10H22N2O5S. The van der Waals surface area contributed by atoms with Gasteiger partial charge in [0.1, 0.15) is 0 Å². The standard InChI is InChI=1S/C10H22N2O5S/c1-9(8-16-4)12(3)18(14,15)11(2)7-6-10(13)17-5/h9H,6-8H2,1-5H3. The lowest BCUT2D eigenvalue weighted by molar-refractivity contribution is -0.140. The highest BCUT2D eigenvalue weighted by Gasteiger charge is 2.27. The second kappa shape index (κ2) is 7.67. The zero-order chi connectivity index (χ0) is 14.3. The molecule has 0 fully saturated rings. The fourth-order valence-electron chi connectivity index (χ4n) is 1.26. The SMILES string of the molecule is COCC(C)N(C)S(=O)(=O)N(C)CCC(=O)OC. The normalized spacial score (nSPS) is 13.9. The third-order valence-corrected chi connectivity index (χ3v) is 4.70. The van der Waals surface area contributed by atoms with Gasteiger partial charge in [0, 0.05) is 33.8 Å². The summed E-state index contributed by atoms with van der Waals surface area (Å²) < 4.78 is 35.9. The van der Waals surface area contributed by atoms with E-state index in [4.69, 9.17) is 4.74 Å². The first-order valence-corrected chi connectivity index (χ1v) is 6.92. The summed E-state index contributed by atoms with van der Waals surface area (Å²) in [5.41, 5.74) is 0. The van der Waals surface area contributed by atoms with Crippen LogP contribution < -0.4 is 0 Å². The fourth-order valence-corrected chi connectivity index (χ4v) is 2.54. The highest BCUT2D eigenvalue weighted by Crippen LogP contribution is 2.09. The Kier molecular flexibility index (Phi) is 7.37. The summed E-state index contributed by atoms with van der Waals surface area (Å²) in [5.74, 6) is -0.440. The van der Waals surface area contributed by atoms with Gasteiger partial charge in [-0.2, -0.15) is 17.0 Å². The van der Waals surface area contributed by atoms with E-state index in [0.717, 1.165) is 4.31 Å². The van der Waals surface area contributed by atoms with Crippen LogP contribution in [0.3, 0.4) is 0 Å². The summed E-state index contributed by atoms with van der Waals surface area (Å²) in [7, 11) is 2.10. The molecule has 0 aliphatic heterocycles. The second-order valence-corrected chi connectivity index (χ2v) is 6.07. The molecule has 0 amide bonds. The molecule has 0 aliphatic carbocycles. The van der Waals surface area contributed by atoms with Crippen LogP contribution in [0.4, 0.5) is 0 Å². The molecule has 0 bridgehead atoms. The van der Waals surface area contributed by atoms with Crippen LogP contribution in [0.5, 0.6) is 0 Å². The smallest absolute Gasteiger partial charge is 0.306 e. The molecule has 0 spiro atoms. The Balaban J connectivity index is 4.56. The summed E-state index contributed by atoms with van der Waals surface area (Å²) in [4.78, 5) is 11.0. The van der Waals surface area contributed by atoms with E-state index in [9.17, 15) is 13.2 Å². The van der Waals surface area contributed by atoms with Crippen molar-refractivity contribution in [1.29, 1.82) is 0 Å². The number of likely N-dealkylation sites (N-methyl/N-ethyl adjacent to an activating group) is 1. The average molecular weight is 282 g/mol. The van der Waals surface area contributed by atoms with Crippen LogP contribution in [0, 0.1) is 0 Å². The van der Waals surface area contributed by atoms with Crippen LogP contribution in [0.25, 0.3) is 0 Å². The van der Waals surface area contributed by atoms with Crippen LogP contribution >= 0.6 is 0 Å². The third-order valence-electron chi connectivity index (χ3n) is 2.64.